The molecule has 6 nitrogen and oxygen atoms in total. The van der Waals surface area contributed by atoms with E-state index in [0.717, 1.165) is 10.2 Å². The van der Waals surface area contributed by atoms with Crippen molar-refractivity contribution in [3.63, 3.8) is 0 Å². The van der Waals surface area contributed by atoms with Gasteiger partial charge in [-0.25, -0.2) is 13.5 Å². The molecule has 0 bridgehead atoms. The Hall–Kier alpha value is -3.26. The zero-order chi connectivity index (χ0) is 23.0. The molecule has 2 aromatic carbocycles. The lowest BCUT2D eigenvalue weighted by Crippen LogP contribution is -2.35. The Bertz CT molecular complexity index is 1190. The number of aromatic nitrogens is 2. The molecule has 1 saturated carbocycles. The second-order valence-electron chi connectivity index (χ2n) is 7.72. The molecule has 32 heavy (non-hydrogen) atoms. The van der Waals surface area contributed by atoms with Crippen LogP contribution in [0.25, 0.3) is 0 Å². The quantitative estimate of drug-likeness (QED) is 0.478. The van der Waals surface area contributed by atoms with E-state index in [-0.39, 0.29) is 23.0 Å². The Balaban J connectivity index is 1.66. The van der Waals surface area contributed by atoms with Crippen LogP contribution in [0.15, 0.2) is 48.5 Å². The Morgan fingerprint density at radius 1 is 1.19 bits per heavy atom. The van der Waals surface area contributed by atoms with Crippen LogP contribution >= 0.6 is 11.6 Å². The van der Waals surface area contributed by atoms with Gasteiger partial charge in [-0.3, -0.25) is 9.59 Å². The molecule has 3 aromatic rings. The molecule has 0 spiro atoms. The van der Waals surface area contributed by atoms with Crippen LogP contribution < -0.4 is 10.1 Å². The molecule has 0 unspecified atom stereocenters. The van der Waals surface area contributed by atoms with E-state index in [9.17, 15) is 18.4 Å². The van der Waals surface area contributed by atoms with E-state index in [1.54, 1.807) is 42.5 Å². The average Bonchev–Trinajstić information content (AvgIpc) is 3.45. The first-order chi connectivity index (χ1) is 15.2. The molecular formula is C23H20ClF2N3O3. The zero-order valence-corrected chi connectivity index (χ0v) is 18.1. The smallest absolute Gasteiger partial charge is 0.283 e. The van der Waals surface area contributed by atoms with Crippen molar-refractivity contribution in [1.29, 1.82) is 0 Å². The first-order valence-corrected chi connectivity index (χ1v) is 10.3. The van der Waals surface area contributed by atoms with Crippen molar-refractivity contribution in [2.75, 3.05) is 0 Å². The van der Waals surface area contributed by atoms with Gasteiger partial charge < -0.3 is 10.1 Å². The van der Waals surface area contributed by atoms with E-state index in [2.05, 4.69) is 10.4 Å². The fraction of sp³-hybridized carbons (Fsp3) is 0.261. The molecule has 0 atom stereocenters. The van der Waals surface area contributed by atoms with E-state index < -0.39 is 23.6 Å². The highest BCUT2D eigenvalue weighted by Gasteiger charge is 2.47. The number of aryl methyl sites for hydroxylation is 1. The number of rotatable bonds is 7. The second kappa shape index (κ2) is 8.35. The zero-order valence-electron chi connectivity index (χ0n) is 17.4. The summed E-state index contributed by atoms with van der Waals surface area (Å²) in [6, 6.07) is 13.3. The van der Waals surface area contributed by atoms with Gasteiger partial charge >= 0.3 is 0 Å². The van der Waals surface area contributed by atoms with Gasteiger partial charge in [0.2, 0.25) is 5.88 Å². The third kappa shape index (κ3) is 4.23. The predicted octanol–water partition coefficient (Wildman–Crippen LogP) is 5.43. The normalized spacial score (nSPS) is 14.3. The van der Waals surface area contributed by atoms with Crippen molar-refractivity contribution in [3.05, 3.63) is 75.9 Å². The van der Waals surface area contributed by atoms with Gasteiger partial charge in [-0.05, 0) is 43.5 Å². The third-order valence-corrected chi connectivity index (χ3v) is 5.65. The SMILES string of the molecule is CC(=O)c1ccc(C2(NC(=O)c3c(C(F)F)nn(C)c3Oc3cccc(Cl)c3)CC2)cc1. The van der Waals surface area contributed by atoms with E-state index in [4.69, 9.17) is 16.3 Å². The Labute approximate surface area is 188 Å². The molecule has 1 aromatic heterocycles. The lowest BCUT2D eigenvalue weighted by atomic mass is 10.0. The highest BCUT2D eigenvalue weighted by atomic mass is 35.5. The molecule has 1 N–H and O–H groups in total. The van der Waals surface area contributed by atoms with Crippen molar-refractivity contribution < 1.29 is 23.1 Å². The van der Waals surface area contributed by atoms with Crippen LogP contribution in [0.4, 0.5) is 8.78 Å². The molecule has 1 aliphatic carbocycles. The maximum Gasteiger partial charge on any atom is 0.283 e. The van der Waals surface area contributed by atoms with E-state index in [1.165, 1.54) is 20.0 Å². The lowest BCUT2D eigenvalue weighted by molar-refractivity contribution is 0.0913. The summed E-state index contributed by atoms with van der Waals surface area (Å²) in [5, 5.41) is 7.09. The highest BCUT2D eigenvalue weighted by Crippen LogP contribution is 2.46. The lowest BCUT2D eigenvalue weighted by Gasteiger charge is -2.19. The number of carbonyl (C=O) groups excluding carboxylic acids is 2. The molecule has 0 saturated heterocycles. The van der Waals surface area contributed by atoms with Gasteiger partial charge in [0.1, 0.15) is 17.0 Å². The van der Waals surface area contributed by atoms with Crippen molar-refractivity contribution in [2.45, 2.75) is 31.7 Å². The summed E-state index contributed by atoms with van der Waals surface area (Å²) in [7, 11) is 1.43. The Morgan fingerprint density at radius 2 is 1.88 bits per heavy atom. The minimum atomic E-state index is -2.97. The van der Waals surface area contributed by atoms with Crippen LogP contribution in [-0.2, 0) is 12.6 Å². The van der Waals surface area contributed by atoms with Gasteiger partial charge in [0.15, 0.2) is 5.78 Å². The largest absolute Gasteiger partial charge is 0.438 e. The number of alkyl halides is 2. The minimum absolute atomic E-state index is 0.0647. The summed E-state index contributed by atoms with van der Waals surface area (Å²) in [5.74, 6) is -0.595. The molecular weight excluding hydrogens is 440 g/mol. The summed E-state index contributed by atoms with van der Waals surface area (Å²) >= 11 is 5.98. The Morgan fingerprint density at radius 3 is 2.44 bits per heavy atom. The van der Waals surface area contributed by atoms with Crippen molar-refractivity contribution >= 4 is 23.3 Å². The molecule has 1 amide bonds. The summed E-state index contributed by atoms with van der Waals surface area (Å²) in [4.78, 5) is 24.7. The van der Waals surface area contributed by atoms with Gasteiger partial charge in [0, 0.05) is 17.6 Å². The highest BCUT2D eigenvalue weighted by molar-refractivity contribution is 6.30. The fourth-order valence-electron chi connectivity index (χ4n) is 3.57. The third-order valence-electron chi connectivity index (χ3n) is 5.41. The molecule has 0 aliphatic heterocycles. The van der Waals surface area contributed by atoms with Gasteiger partial charge in [-0.1, -0.05) is 41.9 Å². The van der Waals surface area contributed by atoms with Crippen LogP contribution in [0.2, 0.25) is 5.02 Å². The standard InChI is InChI=1S/C23H20ClF2N3O3/c1-13(30)14-6-8-15(9-7-14)23(10-11-23)27-21(31)18-19(20(25)26)28-29(2)22(18)32-17-5-3-4-16(24)12-17/h3-9,12,20H,10-11H2,1-2H3,(H,27,31). The minimum Gasteiger partial charge on any atom is -0.438 e. The number of hydrogen-bond acceptors (Lipinski definition) is 4. The van der Waals surface area contributed by atoms with E-state index in [1.807, 2.05) is 0 Å². The number of amides is 1. The summed E-state index contributed by atoms with van der Waals surface area (Å²) in [6.45, 7) is 1.47. The number of Topliss-reactive ketones (excluding diaryl/α,β-unsaturated/α-hetero) is 1. The predicted molar refractivity (Wildman–Crippen MR) is 115 cm³/mol. The van der Waals surface area contributed by atoms with Crippen molar-refractivity contribution in [3.8, 4) is 11.6 Å². The van der Waals surface area contributed by atoms with E-state index in [0.29, 0.717) is 23.4 Å². The molecule has 1 fully saturated rings. The molecule has 1 heterocycles. The first kappa shape index (κ1) is 22.0. The first-order valence-electron chi connectivity index (χ1n) is 9.92. The Kier molecular flexibility index (Phi) is 5.73. The number of ketones is 1. The average molecular weight is 460 g/mol. The monoisotopic (exact) mass is 459 g/mol. The van der Waals surface area contributed by atoms with Gasteiger partial charge in [-0.15, -0.1) is 0 Å². The van der Waals surface area contributed by atoms with Crippen molar-refractivity contribution in [2.24, 2.45) is 7.05 Å². The molecule has 1 aliphatic rings. The van der Waals surface area contributed by atoms with Gasteiger partial charge in [0.25, 0.3) is 12.3 Å². The van der Waals surface area contributed by atoms with Crippen LogP contribution in [0.3, 0.4) is 0 Å². The number of nitrogens with zero attached hydrogens (tertiary/aromatic N) is 2. The molecule has 166 valence electrons. The van der Waals surface area contributed by atoms with Gasteiger partial charge in [0.05, 0.1) is 5.54 Å². The molecule has 4 rings (SSSR count). The number of benzene rings is 2. The van der Waals surface area contributed by atoms with Crippen LogP contribution in [0.5, 0.6) is 11.6 Å². The topological polar surface area (TPSA) is 73.2 Å². The number of carbonyl (C=O) groups is 2. The number of hydrogen-bond donors (Lipinski definition) is 1. The second-order valence-corrected chi connectivity index (χ2v) is 8.16. The maximum absolute atomic E-state index is 13.7. The number of ether oxygens (including phenoxy) is 1. The summed E-state index contributed by atoms with van der Waals surface area (Å²) in [6.07, 6.45) is -1.68. The van der Waals surface area contributed by atoms with Crippen LogP contribution in [0.1, 0.15) is 58.2 Å². The van der Waals surface area contributed by atoms with Crippen LogP contribution in [0, 0.1) is 0 Å². The maximum atomic E-state index is 13.7. The summed E-state index contributed by atoms with van der Waals surface area (Å²) < 4.78 is 34.3. The molecule has 9 heteroatoms. The van der Waals surface area contributed by atoms with Crippen LogP contribution in [-0.4, -0.2) is 21.5 Å². The summed E-state index contributed by atoms with van der Waals surface area (Å²) in [5.41, 5.74) is -0.315. The van der Waals surface area contributed by atoms with Gasteiger partial charge in [-0.2, -0.15) is 5.10 Å². The number of halogens is 3. The molecule has 0 radical (unpaired) electrons. The van der Waals surface area contributed by atoms with E-state index >= 15 is 0 Å². The van der Waals surface area contributed by atoms with Crippen molar-refractivity contribution in [1.82, 2.24) is 15.1 Å². The fourth-order valence-corrected chi connectivity index (χ4v) is 3.75. The number of nitrogens with one attached hydrogen (secondary N) is 1.